The number of hydrogen-bond donors (Lipinski definition) is 1. The number of hydrogen-bond acceptors (Lipinski definition) is 4. The van der Waals surface area contributed by atoms with Crippen molar-refractivity contribution >= 4 is 31.3 Å². The highest BCUT2D eigenvalue weighted by molar-refractivity contribution is 8.13. The van der Waals surface area contributed by atoms with Crippen molar-refractivity contribution in [2.75, 3.05) is 7.11 Å². The van der Waals surface area contributed by atoms with E-state index >= 15 is 0 Å². The number of methoxy groups -OCH3 is 1. The van der Waals surface area contributed by atoms with E-state index in [0.29, 0.717) is 0 Å². The van der Waals surface area contributed by atoms with Crippen LogP contribution >= 0.6 is 22.3 Å². The largest absolute Gasteiger partial charge is 0.505 e. The van der Waals surface area contributed by atoms with Gasteiger partial charge in [-0.1, -0.05) is 11.6 Å². The summed E-state index contributed by atoms with van der Waals surface area (Å²) >= 11 is 5.54. The Hall–Kier alpha value is -0.720. The average Bonchev–Trinajstić information content (AvgIpc) is 2.08. The Balaban J connectivity index is 3.74. The molecule has 1 rings (SSSR count). The van der Waals surface area contributed by atoms with Gasteiger partial charge in [0.1, 0.15) is 0 Å². The number of halogens is 3. The van der Waals surface area contributed by atoms with Gasteiger partial charge in [-0.05, 0) is 0 Å². The highest BCUT2D eigenvalue weighted by atomic mass is 35.7. The van der Waals surface area contributed by atoms with E-state index in [9.17, 15) is 12.8 Å². The summed E-state index contributed by atoms with van der Waals surface area (Å²) < 4.78 is 39.9. The molecule has 0 aliphatic rings. The maximum absolute atomic E-state index is 13.3. The number of ether oxygens (including phenoxy) is 1. The topological polar surface area (TPSA) is 63.6 Å². The molecule has 4 nitrogen and oxygen atoms in total. The third kappa shape index (κ3) is 2.27. The van der Waals surface area contributed by atoms with Crippen molar-refractivity contribution in [1.82, 2.24) is 0 Å². The summed E-state index contributed by atoms with van der Waals surface area (Å²) in [6.45, 7) is 0. The fourth-order valence-corrected chi connectivity index (χ4v) is 2.46. The molecule has 0 saturated carbocycles. The highest BCUT2D eigenvalue weighted by Crippen LogP contribution is 2.40. The zero-order chi connectivity index (χ0) is 11.8. The molecule has 84 valence electrons. The van der Waals surface area contributed by atoms with Gasteiger partial charge in [-0.2, -0.15) is 0 Å². The predicted octanol–water partition coefficient (Wildman–Crippen LogP) is 2.12. The molecule has 0 saturated heterocycles. The van der Waals surface area contributed by atoms with Gasteiger partial charge >= 0.3 is 0 Å². The third-order valence-corrected chi connectivity index (χ3v) is 3.15. The monoisotopic (exact) mass is 274 g/mol. The molecule has 1 aromatic carbocycles. The van der Waals surface area contributed by atoms with Crippen molar-refractivity contribution in [1.29, 1.82) is 0 Å². The van der Waals surface area contributed by atoms with E-state index in [1.165, 1.54) is 0 Å². The molecule has 0 fully saturated rings. The lowest BCUT2D eigenvalue weighted by Gasteiger charge is -2.09. The fraction of sp³-hybridized carbons (Fsp3) is 0.143. The number of rotatable bonds is 2. The summed E-state index contributed by atoms with van der Waals surface area (Å²) in [5.74, 6) is -2.76. The Kier molecular flexibility index (Phi) is 3.32. The normalized spacial score (nSPS) is 11.5. The van der Waals surface area contributed by atoms with Gasteiger partial charge in [-0.25, -0.2) is 12.8 Å². The summed E-state index contributed by atoms with van der Waals surface area (Å²) in [4.78, 5) is -0.975. The zero-order valence-corrected chi connectivity index (χ0v) is 9.62. The predicted molar refractivity (Wildman–Crippen MR) is 52.7 cm³/mol. The fourth-order valence-electron chi connectivity index (χ4n) is 0.981. The molecule has 0 amide bonds. The van der Waals surface area contributed by atoms with Crippen LogP contribution in [0, 0.1) is 5.82 Å². The van der Waals surface area contributed by atoms with E-state index in [1.807, 2.05) is 0 Å². The molecule has 0 radical (unpaired) electrons. The lowest BCUT2D eigenvalue weighted by molar-refractivity contribution is 0.380. The maximum atomic E-state index is 13.3. The van der Waals surface area contributed by atoms with Gasteiger partial charge in [0.05, 0.1) is 12.1 Å². The van der Waals surface area contributed by atoms with Gasteiger partial charge in [0.25, 0.3) is 9.05 Å². The first-order chi connectivity index (χ1) is 6.79. The number of aromatic hydroxyl groups is 1. The van der Waals surface area contributed by atoms with Crippen LogP contribution in [0.1, 0.15) is 0 Å². The molecule has 8 heteroatoms. The molecular formula is C7H5Cl2FO4S. The number of phenolic OH excluding ortho intramolecular Hbond substituents is 1. The quantitative estimate of drug-likeness (QED) is 0.840. The molecule has 1 aromatic rings. The van der Waals surface area contributed by atoms with Gasteiger partial charge in [0.2, 0.25) is 0 Å². The number of benzene rings is 1. The van der Waals surface area contributed by atoms with E-state index in [0.717, 1.165) is 13.2 Å². The van der Waals surface area contributed by atoms with E-state index in [1.54, 1.807) is 0 Å². The van der Waals surface area contributed by atoms with Gasteiger partial charge in [-0.15, -0.1) is 0 Å². The molecular weight excluding hydrogens is 270 g/mol. The van der Waals surface area contributed by atoms with E-state index in [2.05, 4.69) is 4.74 Å². The Morgan fingerprint density at radius 2 is 2.07 bits per heavy atom. The molecule has 0 atom stereocenters. The van der Waals surface area contributed by atoms with Gasteiger partial charge < -0.3 is 9.84 Å². The molecule has 0 spiro atoms. The minimum Gasteiger partial charge on any atom is -0.505 e. The molecule has 0 aliphatic heterocycles. The SMILES string of the molecule is COc1c(Cl)cc(O)c(F)c1S(=O)(=O)Cl. The Bertz CT molecular complexity index is 500. The lowest BCUT2D eigenvalue weighted by atomic mass is 10.3. The van der Waals surface area contributed by atoms with Crippen LogP contribution in [0.3, 0.4) is 0 Å². The summed E-state index contributed by atoms with van der Waals surface area (Å²) in [7, 11) is 1.68. The molecule has 0 aliphatic carbocycles. The Morgan fingerprint density at radius 1 is 1.53 bits per heavy atom. The summed E-state index contributed by atoms with van der Waals surface area (Å²) in [6, 6.07) is 0.821. The van der Waals surface area contributed by atoms with Crippen molar-refractivity contribution in [3.63, 3.8) is 0 Å². The van der Waals surface area contributed by atoms with E-state index in [-0.39, 0.29) is 5.02 Å². The first-order valence-corrected chi connectivity index (χ1v) is 6.17. The van der Waals surface area contributed by atoms with Gasteiger partial charge in [0.15, 0.2) is 22.2 Å². The van der Waals surface area contributed by atoms with Crippen LogP contribution in [-0.4, -0.2) is 20.6 Å². The van der Waals surface area contributed by atoms with Gasteiger partial charge in [-0.3, -0.25) is 0 Å². The molecule has 1 N–H and O–H groups in total. The first-order valence-electron chi connectivity index (χ1n) is 3.48. The van der Waals surface area contributed by atoms with Crippen molar-refractivity contribution in [2.24, 2.45) is 0 Å². The van der Waals surface area contributed by atoms with Crippen LogP contribution in [0.15, 0.2) is 11.0 Å². The van der Waals surface area contributed by atoms with Crippen molar-refractivity contribution in [3.8, 4) is 11.5 Å². The lowest BCUT2D eigenvalue weighted by Crippen LogP contribution is -2.01. The number of phenols is 1. The minimum absolute atomic E-state index is 0.254. The Labute approximate surface area is 94.6 Å². The molecule has 0 heterocycles. The van der Waals surface area contributed by atoms with Crippen LogP contribution in [0.5, 0.6) is 11.5 Å². The standard InChI is InChI=1S/C7H5Cl2FO4S/c1-14-6-3(8)2-4(11)5(10)7(6)15(9,12)13/h2,11H,1H3. The zero-order valence-electron chi connectivity index (χ0n) is 7.29. The molecule has 0 unspecified atom stereocenters. The van der Waals surface area contributed by atoms with Gasteiger partial charge in [0, 0.05) is 16.7 Å². The summed E-state index contributed by atoms with van der Waals surface area (Å²) in [5.41, 5.74) is 0. The second-order valence-electron chi connectivity index (χ2n) is 2.49. The van der Waals surface area contributed by atoms with Crippen LogP contribution in [0.4, 0.5) is 4.39 Å². The van der Waals surface area contributed by atoms with Crippen LogP contribution in [-0.2, 0) is 9.05 Å². The molecule has 15 heavy (non-hydrogen) atoms. The average molecular weight is 275 g/mol. The second-order valence-corrected chi connectivity index (χ2v) is 5.40. The van der Waals surface area contributed by atoms with Crippen LogP contribution < -0.4 is 4.74 Å². The Morgan fingerprint density at radius 3 is 2.47 bits per heavy atom. The second kappa shape index (κ2) is 4.03. The first kappa shape index (κ1) is 12.4. The summed E-state index contributed by atoms with van der Waals surface area (Å²) in [6.07, 6.45) is 0. The minimum atomic E-state index is -4.39. The third-order valence-electron chi connectivity index (χ3n) is 1.56. The highest BCUT2D eigenvalue weighted by Gasteiger charge is 2.27. The van der Waals surface area contributed by atoms with E-state index in [4.69, 9.17) is 27.4 Å². The molecule has 0 aromatic heterocycles. The van der Waals surface area contributed by atoms with Crippen molar-refractivity contribution in [3.05, 3.63) is 16.9 Å². The van der Waals surface area contributed by atoms with Crippen molar-refractivity contribution in [2.45, 2.75) is 4.90 Å². The van der Waals surface area contributed by atoms with Crippen LogP contribution in [0.2, 0.25) is 5.02 Å². The smallest absolute Gasteiger partial charge is 0.268 e. The summed E-state index contributed by atoms with van der Waals surface area (Å²) in [5, 5.41) is 8.77. The maximum Gasteiger partial charge on any atom is 0.268 e. The van der Waals surface area contributed by atoms with Crippen LogP contribution in [0.25, 0.3) is 0 Å². The van der Waals surface area contributed by atoms with Crippen molar-refractivity contribution < 1.29 is 22.7 Å². The molecule has 0 bridgehead atoms. The van der Waals surface area contributed by atoms with E-state index < -0.39 is 31.3 Å².